The second-order valence-corrected chi connectivity index (χ2v) is 5.60. The Labute approximate surface area is 84.0 Å². The Morgan fingerprint density at radius 3 is 2.07 bits per heavy atom. The van der Waals surface area contributed by atoms with Crippen molar-refractivity contribution in [3.63, 3.8) is 0 Å². The molecule has 0 saturated heterocycles. The van der Waals surface area contributed by atoms with Crippen molar-refractivity contribution in [3.05, 3.63) is 0 Å². The van der Waals surface area contributed by atoms with E-state index in [9.17, 15) is 8.78 Å². The average Bonchev–Trinajstić information content (AvgIpc) is 2.67. The molecule has 2 fully saturated rings. The lowest BCUT2D eigenvalue weighted by molar-refractivity contribution is 0.0239. The second-order valence-electron chi connectivity index (χ2n) is 5.60. The summed E-state index contributed by atoms with van der Waals surface area (Å²) in [6, 6.07) is 0.271. The Kier molecular flexibility index (Phi) is 2.15. The summed E-state index contributed by atoms with van der Waals surface area (Å²) in [4.78, 5) is 0. The summed E-state index contributed by atoms with van der Waals surface area (Å²) in [6.45, 7) is 4.30. The number of hydrogen-bond acceptors (Lipinski definition) is 1. The van der Waals surface area contributed by atoms with Crippen LogP contribution in [0.4, 0.5) is 8.78 Å². The second kappa shape index (κ2) is 2.91. The first-order valence-corrected chi connectivity index (χ1v) is 5.47. The number of alkyl halides is 2. The summed E-state index contributed by atoms with van der Waals surface area (Å²) in [6.07, 6.45) is 2.76. The molecule has 3 heteroatoms. The summed E-state index contributed by atoms with van der Waals surface area (Å²) in [5.41, 5.74) is 6.04. The monoisotopic (exact) mass is 203 g/mol. The Bertz CT molecular complexity index is 237. The number of nitrogens with two attached hydrogens (primary N) is 1. The van der Waals surface area contributed by atoms with Gasteiger partial charge in [-0.1, -0.05) is 13.8 Å². The van der Waals surface area contributed by atoms with Crippen molar-refractivity contribution >= 4 is 0 Å². The molecule has 2 aliphatic carbocycles. The third-order valence-corrected chi connectivity index (χ3v) is 4.37. The fourth-order valence-electron chi connectivity index (χ4n) is 2.53. The smallest absolute Gasteiger partial charge is 0.251 e. The first kappa shape index (κ1) is 10.3. The van der Waals surface area contributed by atoms with Crippen LogP contribution in [0, 0.1) is 17.3 Å². The zero-order chi connectivity index (χ0) is 10.6. The molecule has 0 heterocycles. The van der Waals surface area contributed by atoms with Crippen LogP contribution < -0.4 is 5.73 Å². The van der Waals surface area contributed by atoms with E-state index in [1.807, 2.05) is 0 Å². The van der Waals surface area contributed by atoms with Gasteiger partial charge in [0.15, 0.2) is 0 Å². The maximum atomic E-state index is 12.6. The molecule has 2 N–H and O–H groups in total. The molecule has 3 atom stereocenters. The van der Waals surface area contributed by atoms with Gasteiger partial charge in [0.1, 0.15) is 0 Å². The number of halogens is 2. The Balaban J connectivity index is 1.73. The van der Waals surface area contributed by atoms with Gasteiger partial charge in [-0.2, -0.15) is 0 Å². The highest BCUT2D eigenvalue weighted by molar-refractivity contribution is 5.01. The molecule has 0 aromatic rings. The van der Waals surface area contributed by atoms with Crippen molar-refractivity contribution in [1.29, 1.82) is 0 Å². The summed E-state index contributed by atoms with van der Waals surface area (Å²) in [5, 5.41) is 0. The molecule has 0 radical (unpaired) electrons. The molecule has 0 spiro atoms. The molecule has 0 amide bonds. The molecule has 0 aliphatic heterocycles. The van der Waals surface area contributed by atoms with E-state index in [1.54, 1.807) is 0 Å². The third-order valence-electron chi connectivity index (χ3n) is 4.37. The molecule has 0 bridgehead atoms. The van der Waals surface area contributed by atoms with Crippen molar-refractivity contribution in [2.24, 2.45) is 23.0 Å². The maximum absolute atomic E-state index is 12.6. The van der Waals surface area contributed by atoms with E-state index in [0.29, 0.717) is 12.3 Å². The molecule has 2 rings (SSSR count). The molecular formula is C11H19F2N. The van der Waals surface area contributed by atoms with Crippen LogP contribution in [-0.4, -0.2) is 12.0 Å². The number of hydrogen-bond donors (Lipinski definition) is 1. The van der Waals surface area contributed by atoms with Gasteiger partial charge in [0.05, 0.1) is 0 Å². The van der Waals surface area contributed by atoms with Crippen LogP contribution in [0.1, 0.15) is 39.5 Å². The maximum Gasteiger partial charge on any atom is 0.251 e. The molecule has 2 saturated carbocycles. The van der Waals surface area contributed by atoms with Gasteiger partial charge in [-0.25, -0.2) is 8.78 Å². The Morgan fingerprint density at radius 2 is 1.71 bits per heavy atom. The fourth-order valence-corrected chi connectivity index (χ4v) is 2.53. The summed E-state index contributed by atoms with van der Waals surface area (Å²) >= 11 is 0. The predicted molar refractivity (Wildman–Crippen MR) is 52.2 cm³/mol. The van der Waals surface area contributed by atoms with E-state index in [4.69, 9.17) is 5.73 Å². The Hall–Kier alpha value is -0.180. The lowest BCUT2D eigenvalue weighted by Gasteiger charge is -2.50. The lowest BCUT2D eigenvalue weighted by atomic mass is 9.57. The van der Waals surface area contributed by atoms with Gasteiger partial charge in [0.25, 0.3) is 5.92 Å². The topological polar surface area (TPSA) is 26.0 Å². The zero-order valence-electron chi connectivity index (χ0n) is 8.89. The largest absolute Gasteiger partial charge is 0.327 e. The summed E-state index contributed by atoms with van der Waals surface area (Å²) in [5.74, 6) is -2.10. The van der Waals surface area contributed by atoms with Crippen LogP contribution in [0.5, 0.6) is 0 Å². The highest BCUT2D eigenvalue weighted by Gasteiger charge is 2.57. The van der Waals surface area contributed by atoms with Gasteiger partial charge in [0.2, 0.25) is 0 Å². The van der Waals surface area contributed by atoms with Crippen molar-refractivity contribution < 1.29 is 8.78 Å². The van der Waals surface area contributed by atoms with Crippen molar-refractivity contribution in [2.75, 3.05) is 0 Å². The average molecular weight is 203 g/mol. The van der Waals surface area contributed by atoms with Crippen LogP contribution in [0.2, 0.25) is 0 Å². The van der Waals surface area contributed by atoms with Gasteiger partial charge in [-0.15, -0.1) is 0 Å². The van der Waals surface area contributed by atoms with Crippen LogP contribution in [-0.2, 0) is 0 Å². The SMILES string of the molecule is CC1(C)C(N)CC1CCC1CC1(F)F. The summed E-state index contributed by atoms with van der Waals surface area (Å²) < 4.78 is 25.2. The van der Waals surface area contributed by atoms with Gasteiger partial charge < -0.3 is 5.73 Å². The molecule has 3 unspecified atom stereocenters. The normalized spacial score (nSPS) is 43.1. The van der Waals surface area contributed by atoms with Crippen molar-refractivity contribution in [2.45, 2.75) is 51.5 Å². The van der Waals surface area contributed by atoms with E-state index in [0.717, 1.165) is 12.8 Å². The minimum atomic E-state index is -2.34. The zero-order valence-corrected chi connectivity index (χ0v) is 8.89. The van der Waals surface area contributed by atoms with Gasteiger partial charge in [0, 0.05) is 18.4 Å². The van der Waals surface area contributed by atoms with Gasteiger partial charge in [-0.3, -0.25) is 0 Å². The quantitative estimate of drug-likeness (QED) is 0.750. The highest BCUT2D eigenvalue weighted by Crippen LogP contribution is 2.54. The van der Waals surface area contributed by atoms with E-state index in [1.165, 1.54) is 0 Å². The molecule has 2 aliphatic rings. The lowest BCUT2D eigenvalue weighted by Crippen LogP contribution is -2.54. The van der Waals surface area contributed by atoms with Crippen molar-refractivity contribution in [3.8, 4) is 0 Å². The van der Waals surface area contributed by atoms with Crippen LogP contribution >= 0.6 is 0 Å². The summed E-state index contributed by atoms with van der Waals surface area (Å²) in [7, 11) is 0. The van der Waals surface area contributed by atoms with E-state index in [-0.39, 0.29) is 23.8 Å². The molecule has 0 aromatic carbocycles. The molecule has 0 aromatic heterocycles. The van der Waals surface area contributed by atoms with Crippen LogP contribution in [0.25, 0.3) is 0 Å². The first-order chi connectivity index (χ1) is 6.34. The minimum absolute atomic E-state index is 0.117. The van der Waals surface area contributed by atoms with Crippen molar-refractivity contribution in [1.82, 2.24) is 0 Å². The third kappa shape index (κ3) is 1.56. The minimum Gasteiger partial charge on any atom is -0.327 e. The molecule has 1 nitrogen and oxygen atoms in total. The Morgan fingerprint density at radius 1 is 1.21 bits per heavy atom. The first-order valence-electron chi connectivity index (χ1n) is 5.47. The fraction of sp³-hybridized carbons (Fsp3) is 1.00. The number of rotatable bonds is 3. The molecular weight excluding hydrogens is 184 g/mol. The highest BCUT2D eigenvalue weighted by atomic mass is 19.3. The standard InChI is InChI=1S/C11H19F2N/c1-10(2)7(5-9(10)14)3-4-8-6-11(8,12)13/h7-9H,3-6,14H2,1-2H3. The van der Waals surface area contributed by atoms with Gasteiger partial charge in [-0.05, 0) is 30.6 Å². The van der Waals surface area contributed by atoms with Gasteiger partial charge >= 0.3 is 0 Å². The molecule has 14 heavy (non-hydrogen) atoms. The van der Waals surface area contributed by atoms with Crippen LogP contribution in [0.15, 0.2) is 0 Å². The van der Waals surface area contributed by atoms with E-state index < -0.39 is 5.92 Å². The van der Waals surface area contributed by atoms with E-state index >= 15 is 0 Å². The predicted octanol–water partition coefficient (Wildman–Crippen LogP) is 2.80. The van der Waals surface area contributed by atoms with E-state index in [2.05, 4.69) is 13.8 Å². The molecule has 82 valence electrons. The van der Waals surface area contributed by atoms with Crippen LogP contribution in [0.3, 0.4) is 0 Å².